The molecule has 0 aromatic carbocycles. The van der Waals surface area contributed by atoms with E-state index in [1.165, 1.54) is 12.8 Å². The maximum absolute atomic E-state index is 2.42. The van der Waals surface area contributed by atoms with Gasteiger partial charge < -0.3 is 0 Å². The van der Waals surface area contributed by atoms with Crippen LogP contribution in [0.15, 0.2) is 0 Å². The second kappa shape index (κ2) is 3.17. The van der Waals surface area contributed by atoms with Crippen LogP contribution in [0.3, 0.4) is 0 Å². The molecule has 0 atom stereocenters. The molecule has 0 aromatic heterocycles. The average Bonchev–Trinajstić information content (AvgIpc) is 1.84. The Morgan fingerprint density at radius 1 is 1.00 bits per heavy atom. The van der Waals surface area contributed by atoms with Crippen LogP contribution in [0.5, 0.6) is 0 Å². The lowest BCUT2D eigenvalue weighted by atomic mass is 10.1. The Morgan fingerprint density at radius 3 is 1.30 bits per heavy atom. The van der Waals surface area contributed by atoms with E-state index in [1.54, 1.807) is 0 Å². The number of hydrogen-bond acceptors (Lipinski definition) is 0. The van der Waals surface area contributed by atoms with Crippen molar-refractivity contribution in [2.24, 2.45) is 0 Å². The molecule has 64 valence electrons. The molecule has 0 unspecified atom stereocenters. The van der Waals surface area contributed by atoms with Crippen LogP contribution in [-0.2, 0) is 0 Å². The molecule has 0 N–H and O–H groups in total. The van der Waals surface area contributed by atoms with Crippen molar-refractivity contribution in [2.45, 2.75) is 38.4 Å². The fourth-order valence-electron chi connectivity index (χ4n) is 1.12. The summed E-state index contributed by atoms with van der Waals surface area (Å²) < 4.78 is 0.604. The summed E-state index contributed by atoms with van der Waals surface area (Å²) in [6.07, 6.45) is 9.89. The van der Waals surface area contributed by atoms with Gasteiger partial charge >= 0.3 is 0 Å². The lowest BCUT2D eigenvalue weighted by molar-refractivity contribution is 0.592. The van der Waals surface area contributed by atoms with Gasteiger partial charge in [0.2, 0.25) is 0 Å². The Labute approximate surface area is 67.7 Å². The third kappa shape index (κ3) is 1.91. The molecule has 0 aliphatic rings. The molecule has 0 saturated carbocycles. The monoisotopic (exact) mass is 162 g/mol. The predicted octanol–water partition coefficient (Wildman–Crippen LogP) is 3.26. The summed E-state index contributed by atoms with van der Waals surface area (Å²) in [6.45, 7) is 7.03. The highest BCUT2D eigenvalue weighted by molar-refractivity contribution is 8.33. The van der Waals surface area contributed by atoms with Crippen molar-refractivity contribution in [3.63, 3.8) is 0 Å². The lowest BCUT2D eigenvalue weighted by Gasteiger charge is -2.45. The van der Waals surface area contributed by atoms with E-state index in [1.807, 2.05) is 0 Å². The van der Waals surface area contributed by atoms with Gasteiger partial charge in [0.15, 0.2) is 0 Å². The van der Waals surface area contributed by atoms with Crippen molar-refractivity contribution < 1.29 is 0 Å². The third-order valence-corrected chi connectivity index (χ3v) is 6.51. The highest BCUT2D eigenvalue weighted by Gasteiger charge is 2.29. The molecule has 0 aliphatic heterocycles. The normalized spacial score (nSPS) is 15.4. The fraction of sp³-hybridized carbons (Fsp3) is 1.00. The topological polar surface area (TPSA) is 0 Å². The van der Waals surface area contributed by atoms with E-state index >= 15 is 0 Å². The van der Waals surface area contributed by atoms with E-state index in [4.69, 9.17) is 0 Å². The summed E-state index contributed by atoms with van der Waals surface area (Å²) in [7, 11) is -0.365. The Balaban J connectivity index is 4.33. The minimum atomic E-state index is -0.365. The standard InChI is InChI=1S/C9H22S/c1-7-9(3,8-2)10(4,5)6/h7-8H2,1-6H3. The molecule has 0 heterocycles. The smallest absolute Gasteiger partial charge is 0.00384 e. The average molecular weight is 162 g/mol. The van der Waals surface area contributed by atoms with Crippen LogP contribution in [0.1, 0.15) is 33.6 Å². The molecule has 0 rings (SSSR count). The molecule has 0 radical (unpaired) electrons. The summed E-state index contributed by atoms with van der Waals surface area (Å²) in [5.74, 6) is 0. The van der Waals surface area contributed by atoms with Gasteiger partial charge in [-0.2, -0.15) is 0 Å². The first-order valence-electron chi connectivity index (χ1n) is 4.05. The van der Waals surface area contributed by atoms with Crippen LogP contribution >= 0.6 is 10.0 Å². The van der Waals surface area contributed by atoms with Gasteiger partial charge in [-0.1, -0.05) is 20.8 Å². The van der Waals surface area contributed by atoms with Crippen LogP contribution in [0.25, 0.3) is 0 Å². The molecule has 0 nitrogen and oxygen atoms in total. The maximum Gasteiger partial charge on any atom is -0.00384 e. The van der Waals surface area contributed by atoms with E-state index < -0.39 is 0 Å². The molecular formula is C9H22S. The van der Waals surface area contributed by atoms with E-state index in [2.05, 4.69) is 39.5 Å². The van der Waals surface area contributed by atoms with Crippen molar-refractivity contribution >= 4 is 10.0 Å². The lowest BCUT2D eigenvalue weighted by Crippen LogP contribution is -2.28. The van der Waals surface area contributed by atoms with Crippen molar-refractivity contribution in [1.82, 2.24) is 0 Å². The quantitative estimate of drug-likeness (QED) is 0.597. The van der Waals surface area contributed by atoms with Gasteiger partial charge in [0.1, 0.15) is 0 Å². The van der Waals surface area contributed by atoms with Gasteiger partial charge in [-0.3, -0.25) is 0 Å². The Kier molecular flexibility index (Phi) is 3.28. The van der Waals surface area contributed by atoms with Crippen LogP contribution in [0.2, 0.25) is 0 Å². The molecule has 1 heteroatoms. The molecule has 10 heavy (non-hydrogen) atoms. The highest BCUT2D eigenvalue weighted by atomic mass is 32.3. The van der Waals surface area contributed by atoms with Crippen LogP contribution in [0.4, 0.5) is 0 Å². The zero-order valence-electron chi connectivity index (χ0n) is 8.32. The van der Waals surface area contributed by atoms with Crippen LogP contribution < -0.4 is 0 Å². The van der Waals surface area contributed by atoms with Crippen molar-refractivity contribution in [3.05, 3.63) is 0 Å². The van der Waals surface area contributed by atoms with Gasteiger partial charge in [-0.15, -0.1) is 0 Å². The predicted molar refractivity (Wildman–Crippen MR) is 54.4 cm³/mol. The molecule has 0 aliphatic carbocycles. The molecule has 0 spiro atoms. The van der Waals surface area contributed by atoms with E-state index in [-0.39, 0.29) is 10.0 Å². The van der Waals surface area contributed by atoms with Gasteiger partial charge in [-0.25, -0.2) is 10.0 Å². The first kappa shape index (κ1) is 10.3. The summed E-state index contributed by atoms with van der Waals surface area (Å²) >= 11 is 0. The van der Waals surface area contributed by atoms with Gasteiger partial charge in [0.05, 0.1) is 0 Å². The van der Waals surface area contributed by atoms with Crippen LogP contribution in [0, 0.1) is 0 Å². The Bertz CT molecular complexity index is 95.8. The van der Waals surface area contributed by atoms with Crippen molar-refractivity contribution in [1.29, 1.82) is 0 Å². The highest BCUT2D eigenvalue weighted by Crippen LogP contribution is 2.53. The number of rotatable bonds is 3. The second-order valence-electron chi connectivity index (χ2n) is 3.99. The summed E-state index contributed by atoms with van der Waals surface area (Å²) in [6, 6.07) is 0. The zero-order chi connectivity index (χ0) is 8.41. The van der Waals surface area contributed by atoms with Gasteiger partial charge in [0.25, 0.3) is 0 Å². The first-order chi connectivity index (χ1) is 4.37. The molecule has 0 amide bonds. The van der Waals surface area contributed by atoms with Gasteiger partial charge in [-0.05, 0) is 36.4 Å². The zero-order valence-corrected chi connectivity index (χ0v) is 9.14. The first-order valence-corrected chi connectivity index (χ1v) is 6.91. The third-order valence-electron chi connectivity index (χ3n) is 2.97. The van der Waals surface area contributed by atoms with Crippen LogP contribution in [-0.4, -0.2) is 23.5 Å². The van der Waals surface area contributed by atoms with Crippen molar-refractivity contribution in [2.75, 3.05) is 18.8 Å². The second-order valence-corrected chi connectivity index (χ2v) is 8.65. The minimum Gasteiger partial charge on any atom is -0.244 e. The Hall–Kier alpha value is 0.350. The van der Waals surface area contributed by atoms with E-state index in [0.29, 0.717) is 4.75 Å². The largest absolute Gasteiger partial charge is 0.244 e. The molecule has 0 fully saturated rings. The van der Waals surface area contributed by atoms with Gasteiger partial charge in [0, 0.05) is 0 Å². The summed E-state index contributed by atoms with van der Waals surface area (Å²) in [5, 5.41) is 0. The minimum absolute atomic E-state index is 0.365. The van der Waals surface area contributed by atoms with E-state index in [9.17, 15) is 0 Å². The van der Waals surface area contributed by atoms with E-state index in [0.717, 1.165) is 0 Å². The SMILES string of the molecule is CCC(C)(CC)S(C)(C)C. The molecular weight excluding hydrogens is 140 g/mol. The Morgan fingerprint density at radius 2 is 1.30 bits per heavy atom. The molecule has 0 aromatic rings. The molecule has 0 bridgehead atoms. The summed E-state index contributed by atoms with van der Waals surface area (Å²) in [5.41, 5.74) is 0. The maximum atomic E-state index is 2.42. The van der Waals surface area contributed by atoms with Crippen molar-refractivity contribution in [3.8, 4) is 0 Å². The number of hydrogen-bond donors (Lipinski definition) is 0. The summed E-state index contributed by atoms with van der Waals surface area (Å²) in [4.78, 5) is 0. The molecule has 0 saturated heterocycles. The fourth-order valence-corrected chi connectivity index (χ4v) is 2.85.